The van der Waals surface area contributed by atoms with E-state index in [1.54, 1.807) is 37.5 Å². The zero-order valence-corrected chi connectivity index (χ0v) is 27.9. The number of carbonyl (C=O) groups excluding carboxylic acids is 1. The number of esters is 1. The van der Waals surface area contributed by atoms with E-state index in [1.807, 2.05) is 44.2 Å². The molecule has 16 heteroatoms. The van der Waals surface area contributed by atoms with Gasteiger partial charge >= 0.3 is 13.7 Å². The molecule has 2 aromatic carbocycles. The second-order valence-electron chi connectivity index (χ2n) is 12.8. The quantitative estimate of drug-likeness (QED) is 0.153. The van der Waals surface area contributed by atoms with Crippen molar-refractivity contribution in [2.24, 2.45) is 5.92 Å². The Balaban J connectivity index is 1.31. The second kappa shape index (κ2) is 12.3. The number of H-pyrrole nitrogens is 1. The Morgan fingerprint density at radius 3 is 2.68 bits per heavy atom. The van der Waals surface area contributed by atoms with Crippen LogP contribution in [0.4, 0.5) is 5.95 Å². The Morgan fingerprint density at radius 1 is 1.17 bits per heavy atom. The normalized spacial score (nSPS) is 25.6. The average molecular weight is 671 g/mol. The van der Waals surface area contributed by atoms with E-state index in [4.69, 9.17) is 33.7 Å². The van der Waals surface area contributed by atoms with Gasteiger partial charge in [0, 0.05) is 5.39 Å². The maximum atomic E-state index is 14.5. The number of rotatable bonds is 11. The predicted molar refractivity (Wildman–Crippen MR) is 171 cm³/mol. The van der Waals surface area contributed by atoms with Gasteiger partial charge in [0.2, 0.25) is 5.95 Å². The zero-order valence-electron chi connectivity index (χ0n) is 27.0. The summed E-state index contributed by atoms with van der Waals surface area (Å²) in [7, 11) is -4.30. The van der Waals surface area contributed by atoms with E-state index >= 15 is 0 Å². The second-order valence-corrected chi connectivity index (χ2v) is 14.5. The first kappa shape index (κ1) is 33.1. The van der Waals surface area contributed by atoms with Crippen LogP contribution >= 0.6 is 7.75 Å². The number of benzene rings is 2. The molecule has 4 heterocycles. The maximum absolute atomic E-state index is 14.5. The zero-order chi connectivity index (χ0) is 33.7. The van der Waals surface area contributed by atoms with E-state index in [0.717, 1.165) is 5.39 Å². The van der Waals surface area contributed by atoms with E-state index in [1.165, 1.54) is 13.3 Å². The van der Waals surface area contributed by atoms with Crippen LogP contribution in [0.25, 0.3) is 21.9 Å². The summed E-state index contributed by atoms with van der Waals surface area (Å²) < 4.78 is 52.7. The number of nitrogens with one attached hydrogen (secondary N) is 2. The highest BCUT2D eigenvalue weighted by Crippen LogP contribution is 2.53. The SMILES string of the molecule is CC(C)COC(=O)[C@H](C)NP(=O)(OC[C@H]1O[C@@H](n2cnc3c(=O)[nH]c(N)nc32)[C@]2(C)OC(C)(C)O[C@H]12)Oc1cccc2ccccc12. The predicted octanol–water partition coefficient (Wildman–Crippen LogP) is 4.04. The number of nitrogens with two attached hydrogens (primary N) is 1. The molecule has 1 unspecified atom stereocenters. The first-order valence-corrected chi connectivity index (χ1v) is 16.8. The highest BCUT2D eigenvalue weighted by atomic mass is 31.2. The number of aromatic nitrogens is 4. The fraction of sp³-hybridized carbons (Fsp3) is 0.484. The fourth-order valence-electron chi connectivity index (χ4n) is 5.96. The molecule has 2 saturated heterocycles. The van der Waals surface area contributed by atoms with Crippen LogP contribution < -0.4 is 20.9 Å². The van der Waals surface area contributed by atoms with Crippen LogP contribution in [0.5, 0.6) is 5.75 Å². The van der Waals surface area contributed by atoms with Crippen molar-refractivity contribution in [3.05, 3.63) is 59.1 Å². The number of carbonyl (C=O) groups is 1. The summed E-state index contributed by atoms with van der Waals surface area (Å²) in [5.41, 5.74) is 4.45. The third-order valence-corrected chi connectivity index (χ3v) is 9.55. The van der Waals surface area contributed by atoms with Crippen LogP contribution in [0.1, 0.15) is 47.8 Å². The molecule has 6 atom stereocenters. The van der Waals surface area contributed by atoms with Gasteiger partial charge in [-0.1, -0.05) is 50.2 Å². The molecule has 4 aromatic rings. The van der Waals surface area contributed by atoms with Crippen molar-refractivity contribution >= 4 is 41.6 Å². The number of fused-ring (bicyclic) bond motifs is 3. The standard InChI is InChI=1S/C31H39N6O9P/c1-17(2)14-41-27(39)18(3)36-47(40,45-21-13-9-11-19-10-7-8-12-20(19)21)42-15-22-24-31(6,46-30(4,5)44-24)28(43-22)37-16-33-23-25(37)34-29(32)35-26(23)38/h7-13,16-18,22,24,28H,14-15H2,1-6H3,(H,36,40)(H3,32,34,35,38)/t18-,22+,24+,28+,31+,47?/m0/s1. The highest BCUT2D eigenvalue weighted by Gasteiger charge is 2.64. The lowest BCUT2D eigenvalue weighted by Crippen LogP contribution is -2.42. The lowest BCUT2D eigenvalue weighted by atomic mass is 9.96. The minimum atomic E-state index is -4.30. The number of aromatic amines is 1. The van der Waals surface area contributed by atoms with E-state index in [0.29, 0.717) is 5.39 Å². The van der Waals surface area contributed by atoms with Crippen LogP contribution in [0.15, 0.2) is 53.6 Å². The minimum absolute atomic E-state index is 0.0661. The Kier molecular flexibility index (Phi) is 8.66. The number of anilines is 1. The van der Waals surface area contributed by atoms with E-state index < -0.39 is 55.1 Å². The van der Waals surface area contributed by atoms with Gasteiger partial charge < -0.3 is 29.2 Å². The van der Waals surface area contributed by atoms with Gasteiger partial charge in [-0.3, -0.25) is 23.7 Å². The van der Waals surface area contributed by atoms with Crippen molar-refractivity contribution in [3.8, 4) is 5.75 Å². The van der Waals surface area contributed by atoms with Crippen LogP contribution in [0.3, 0.4) is 0 Å². The third kappa shape index (κ3) is 6.51. The largest absolute Gasteiger partial charge is 0.464 e. The summed E-state index contributed by atoms with van der Waals surface area (Å²) in [6.07, 6.45) is -1.09. The summed E-state index contributed by atoms with van der Waals surface area (Å²) in [6, 6.07) is 11.7. The molecule has 2 aromatic heterocycles. The first-order chi connectivity index (χ1) is 22.2. The van der Waals surface area contributed by atoms with Crippen molar-refractivity contribution in [3.63, 3.8) is 0 Å². The molecule has 0 amide bonds. The van der Waals surface area contributed by atoms with Crippen molar-refractivity contribution in [2.75, 3.05) is 18.9 Å². The van der Waals surface area contributed by atoms with Gasteiger partial charge in [0.15, 0.2) is 23.2 Å². The Hall–Kier alpha value is -3.85. The summed E-state index contributed by atoms with van der Waals surface area (Å²) in [4.78, 5) is 36.2. The summed E-state index contributed by atoms with van der Waals surface area (Å²) >= 11 is 0. The summed E-state index contributed by atoms with van der Waals surface area (Å²) in [6.45, 7) is 10.6. The molecule has 0 radical (unpaired) electrons. The lowest BCUT2D eigenvalue weighted by Gasteiger charge is -2.30. The van der Waals surface area contributed by atoms with Gasteiger partial charge in [-0.15, -0.1) is 0 Å². The molecule has 0 saturated carbocycles. The van der Waals surface area contributed by atoms with Crippen LogP contribution in [-0.4, -0.2) is 68.3 Å². The summed E-state index contributed by atoms with van der Waals surface area (Å²) in [5.74, 6) is -1.34. The van der Waals surface area contributed by atoms with Gasteiger partial charge in [-0.05, 0) is 45.1 Å². The molecule has 2 aliphatic rings. The monoisotopic (exact) mass is 670 g/mol. The average Bonchev–Trinajstić information content (AvgIpc) is 3.61. The topological polar surface area (TPSA) is 191 Å². The van der Waals surface area contributed by atoms with Crippen molar-refractivity contribution in [2.45, 2.75) is 77.4 Å². The number of hydrogen-bond donors (Lipinski definition) is 3. The third-order valence-electron chi connectivity index (χ3n) is 7.92. The number of nitrogen functional groups attached to an aromatic ring is 1. The van der Waals surface area contributed by atoms with Gasteiger partial charge in [-0.25, -0.2) is 9.55 Å². The maximum Gasteiger partial charge on any atom is 0.459 e. The molecule has 0 bridgehead atoms. The van der Waals surface area contributed by atoms with Gasteiger partial charge in [-0.2, -0.15) is 10.1 Å². The number of imidazole rings is 1. The van der Waals surface area contributed by atoms with E-state index in [9.17, 15) is 14.2 Å². The molecular weight excluding hydrogens is 631 g/mol. The lowest BCUT2D eigenvalue weighted by molar-refractivity contribution is -0.216. The van der Waals surface area contributed by atoms with Crippen LogP contribution in [0, 0.1) is 5.92 Å². The van der Waals surface area contributed by atoms with E-state index in [-0.39, 0.29) is 42.0 Å². The van der Waals surface area contributed by atoms with Crippen molar-refractivity contribution < 1.29 is 37.4 Å². The molecular formula is C31H39N6O9P. The minimum Gasteiger partial charge on any atom is -0.464 e. The molecule has 2 aliphatic heterocycles. The molecule has 47 heavy (non-hydrogen) atoms. The van der Waals surface area contributed by atoms with Crippen molar-refractivity contribution in [1.82, 2.24) is 24.6 Å². The molecule has 15 nitrogen and oxygen atoms in total. The Morgan fingerprint density at radius 2 is 1.91 bits per heavy atom. The van der Waals surface area contributed by atoms with Crippen molar-refractivity contribution in [1.29, 1.82) is 0 Å². The molecule has 4 N–H and O–H groups in total. The van der Waals surface area contributed by atoms with Crippen LogP contribution in [0.2, 0.25) is 0 Å². The smallest absolute Gasteiger partial charge is 0.459 e. The fourth-order valence-corrected chi connectivity index (χ4v) is 7.48. The molecule has 0 spiro atoms. The van der Waals surface area contributed by atoms with Gasteiger partial charge in [0.1, 0.15) is 29.6 Å². The highest BCUT2D eigenvalue weighted by molar-refractivity contribution is 7.52. The number of ether oxygens (including phenoxy) is 4. The van der Waals surface area contributed by atoms with E-state index in [2.05, 4.69) is 20.0 Å². The Bertz CT molecular complexity index is 1910. The number of hydrogen-bond acceptors (Lipinski definition) is 12. The molecule has 252 valence electrons. The van der Waals surface area contributed by atoms with Crippen LogP contribution in [-0.2, 0) is 32.8 Å². The molecule has 6 rings (SSSR count). The first-order valence-electron chi connectivity index (χ1n) is 15.3. The molecule has 0 aliphatic carbocycles. The number of nitrogens with zero attached hydrogens (tertiary/aromatic N) is 3. The van der Waals surface area contributed by atoms with Gasteiger partial charge in [0.25, 0.3) is 5.56 Å². The van der Waals surface area contributed by atoms with Gasteiger partial charge in [0.05, 0.1) is 19.5 Å². The Labute approximate surface area is 270 Å². The summed E-state index contributed by atoms with van der Waals surface area (Å²) in [5, 5.41) is 4.30. The molecule has 2 fully saturated rings.